The molecule has 1 aliphatic rings. The van der Waals surface area contributed by atoms with E-state index < -0.39 is 26.7 Å². The van der Waals surface area contributed by atoms with Crippen LogP contribution in [0.4, 0.5) is 11.4 Å². The van der Waals surface area contributed by atoms with E-state index in [1.807, 2.05) is 37.4 Å². The summed E-state index contributed by atoms with van der Waals surface area (Å²) < 4.78 is 23.2. The van der Waals surface area contributed by atoms with E-state index >= 15 is 0 Å². The predicted octanol–water partition coefficient (Wildman–Crippen LogP) is 1.98. The summed E-state index contributed by atoms with van der Waals surface area (Å²) in [6.07, 6.45) is 0.150. The number of rotatable bonds is 9. The molecular weight excluding hydrogens is 466 g/mol. The van der Waals surface area contributed by atoms with Gasteiger partial charge in [0.25, 0.3) is 5.69 Å². The summed E-state index contributed by atoms with van der Waals surface area (Å²) in [6, 6.07) is 12.7. The molecule has 1 amide bonds. The minimum atomic E-state index is -4.09. The summed E-state index contributed by atoms with van der Waals surface area (Å²) in [4.78, 5) is 28.5. The molecule has 178 valence electrons. The number of nitrogens with one attached hydrogen (secondary N) is 1. The normalized spacial score (nSPS) is 15.8. The second kappa shape index (κ2) is 11.0. The van der Waals surface area contributed by atoms with E-state index in [2.05, 4.69) is 10.2 Å². The zero-order valence-corrected chi connectivity index (χ0v) is 19.8. The summed E-state index contributed by atoms with van der Waals surface area (Å²) >= 11 is 1.53. The minimum Gasteiger partial charge on any atom is -0.375 e. The van der Waals surface area contributed by atoms with Crippen LogP contribution in [0.2, 0.25) is 0 Å². The van der Waals surface area contributed by atoms with E-state index in [1.54, 1.807) is 4.90 Å². The Kier molecular flexibility index (Phi) is 8.30. The molecule has 0 bridgehead atoms. The average molecular weight is 494 g/mol. The van der Waals surface area contributed by atoms with E-state index in [9.17, 15) is 23.3 Å². The van der Waals surface area contributed by atoms with E-state index in [0.29, 0.717) is 18.8 Å². The van der Waals surface area contributed by atoms with Crippen LogP contribution < -0.4 is 10.5 Å². The maximum Gasteiger partial charge on any atom is 0.293 e. The zero-order chi connectivity index (χ0) is 24.0. The highest BCUT2D eigenvalue weighted by Gasteiger charge is 2.25. The number of thioether (sulfide) groups is 1. The summed E-state index contributed by atoms with van der Waals surface area (Å²) in [5, 5.41) is 19.8. The van der Waals surface area contributed by atoms with Crippen LogP contribution in [0.15, 0.2) is 58.3 Å². The molecule has 10 nitrogen and oxygen atoms in total. The van der Waals surface area contributed by atoms with E-state index in [4.69, 9.17) is 5.14 Å². The Morgan fingerprint density at radius 3 is 2.45 bits per heavy atom. The van der Waals surface area contributed by atoms with Gasteiger partial charge < -0.3 is 15.1 Å². The molecule has 1 saturated heterocycles. The fraction of sp³-hybridized carbons (Fsp3) is 0.381. The Morgan fingerprint density at radius 1 is 1.18 bits per heavy atom. The highest BCUT2D eigenvalue weighted by atomic mass is 32.2. The lowest BCUT2D eigenvalue weighted by atomic mass is 10.1. The number of carbonyl (C=O) groups excluding carboxylic acids is 1. The summed E-state index contributed by atoms with van der Waals surface area (Å²) in [5.41, 5.74) is -0.277. The fourth-order valence-electron chi connectivity index (χ4n) is 3.44. The number of sulfonamides is 1. The first kappa shape index (κ1) is 25.0. The van der Waals surface area contributed by atoms with Crippen LogP contribution in [0, 0.1) is 10.1 Å². The molecular formula is C21H27N5O5S2. The third kappa shape index (κ3) is 7.16. The van der Waals surface area contributed by atoms with Crippen molar-refractivity contribution in [3.8, 4) is 0 Å². The van der Waals surface area contributed by atoms with Crippen LogP contribution in [0.25, 0.3) is 0 Å². The van der Waals surface area contributed by atoms with Crippen LogP contribution in [0.1, 0.15) is 6.42 Å². The maximum absolute atomic E-state index is 12.9. The van der Waals surface area contributed by atoms with Crippen molar-refractivity contribution in [2.24, 2.45) is 5.14 Å². The second-order valence-corrected chi connectivity index (χ2v) is 10.5. The molecule has 1 aliphatic heterocycles. The molecule has 0 spiro atoms. The number of carbonyl (C=O) groups is 1. The SMILES string of the molecule is CN1CCN(C(=O)C[C@H](CSc2ccccc2)Nc2ccc(S(N)(=O)=O)cc2[N+](=O)[O-])CC1. The van der Waals surface area contributed by atoms with Gasteiger partial charge in [-0.2, -0.15) is 0 Å². The minimum absolute atomic E-state index is 0.0296. The lowest BCUT2D eigenvalue weighted by molar-refractivity contribution is -0.384. The first-order chi connectivity index (χ1) is 15.6. The molecule has 2 aromatic carbocycles. The zero-order valence-electron chi connectivity index (χ0n) is 18.2. The van der Waals surface area contributed by atoms with Gasteiger partial charge in [0.05, 0.1) is 9.82 Å². The highest BCUT2D eigenvalue weighted by molar-refractivity contribution is 7.99. The number of hydrogen-bond donors (Lipinski definition) is 2. The molecule has 12 heteroatoms. The topological polar surface area (TPSA) is 139 Å². The van der Waals surface area contributed by atoms with Crippen molar-refractivity contribution in [2.45, 2.75) is 22.3 Å². The Hall–Kier alpha value is -2.67. The highest BCUT2D eigenvalue weighted by Crippen LogP contribution is 2.29. The molecule has 0 unspecified atom stereocenters. The van der Waals surface area contributed by atoms with Gasteiger partial charge in [0, 0.05) is 55.4 Å². The lowest BCUT2D eigenvalue weighted by Gasteiger charge is -2.33. The van der Waals surface area contributed by atoms with Gasteiger partial charge in [-0.05, 0) is 31.3 Å². The molecule has 3 N–H and O–H groups in total. The molecule has 0 saturated carbocycles. The van der Waals surface area contributed by atoms with Gasteiger partial charge in [0.2, 0.25) is 15.9 Å². The molecule has 2 aromatic rings. The van der Waals surface area contributed by atoms with Crippen molar-refractivity contribution in [1.82, 2.24) is 9.80 Å². The van der Waals surface area contributed by atoms with Gasteiger partial charge in [-0.1, -0.05) is 18.2 Å². The van der Waals surface area contributed by atoms with Crippen molar-refractivity contribution in [2.75, 3.05) is 44.3 Å². The van der Waals surface area contributed by atoms with Crippen molar-refractivity contribution in [1.29, 1.82) is 0 Å². The molecule has 0 aliphatic carbocycles. The number of hydrogen-bond acceptors (Lipinski definition) is 8. The first-order valence-electron chi connectivity index (χ1n) is 10.4. The van der Waals surface area contributed by atoms with Gasteiger partial charge in [-0.25, -0.2) is 13.6 Å². The number of anilines is 1. The third-order valence-corrected chi connectivity index (χ3v) is 7.41. The molecule has 3 rings (SSSR count). The number of piperazine rings is 1. The van der Waals surface area contributed by atoms with Crippen molar-refractivity contribution >= 4 is 39.1 Å². The Balaban J connectivity index is 1.81. The summed E-state index contributed by atoms with van der Waals surface area (Å²) in [7, 11) is -2.08. The number of nitrogens with zero attached hydrogens (tertiary/aromatic N) is 3. The molecule has 1 heterocycles. The van der Waals surface area contributed by atoms with Gasteiger partial charge in [-0.15, -0.1) is 11.8 Å². The van der Waals surface area contributed by atoms with Gasteiger partial charge in [-0.3, -0.25) is 14.9 Å². The Morgan fingerprint density at radius 2 is 1.85 bits per heavy atom. The summed E-state index contributed by atoms with van der Waals surface area (Å²) in [5.74, 6) is 0.454. The van der Waals surface area contributed by atoms with Crippen LogP contribution >= 0.6 is 11.8 Å². The smallest absolute Gasteiger partial charge is 0.293 e. The maximum atomic E-state index is 12.9. The van der Waals surface area contributed by atoms with E-state index in [-0.39, 0.29) is 22.9 Å². The standard InChI is InChI=1S/C21H27N5O5S2/c1-24-9-11-25(12-10-24)21(27)13-16(15-32-17-5-3-2-4-6-17)23-19-8-7-18(33(22,30)31)14-20(19)26(28)29/h2-8,14,16,23H,9-13,15H2,1H3,(H2,22,30,31)/t16-/m1/s1. The Bertz CT molecular complexity index is 1090. The van der Waals surface area contributed by atoms with E-state index in [0.717, 1.165) is 24.1 Å². The molecule has 33 heavy (non-hydrogen) atoms. The molecule has 1 atom stereocenters. The van der Waals surface area contributed by atoms with Crippen LogP contribution in [-0.2, 0) is 14.8 Å². The quantitative estimate of drug-likeness (QED) is 0.307. The van der Waals surface area contributed by atoms with Gasteiger partial charge in [0.1, 0.15) is 5.69 Å². The number of amides is 1. The predicted molar refractivity (Wildman–Crippen MR) is 128 cm³/mol. The van der Waals surface area contributed by atoms with Crippen LogP contribution in [-0.4, -0.2) is 74.1 Å². The number of nitrogens with two attached hydrogens (primary N) is 1. The van der Waals surface area contributed by atoms with Crippen molar-refractivity contribution in [3.63, 3.8) is 0 Å². The van der Waals surface area contributed by atoms with Gasteiger partial charge >= 0.3 is 0 Å². The summed E-state index contributed by atoms with van der Waals surface area (Å²) in [6.45, 7) is 2.86. The Labute approximate surface area is 197 Å². The van der Waals surface area contributed by atoms with E-state index in [1.165, 1.54) is 23.9 Å². The molecule has 1 fully saturated rings. The third-order valence-electron chi connectivity index (χ3n) is 5.33. The second-order valence-electron chi connectivity index (χ2n) is 7.83. The first-order valence-corrected chi connectivity index (χ1v) is 12.9. The number of likely N-dealkylation sites (N-methyl/N-ethyl adjacent to an activating group) is 1. The number of nitro groups is 1. The van der Waals surface area contributed by atoms with Crippen molar-refractivity contribution in [3.05, 3.63) is 58.6 Å². The number of primary sulfonamides is 1. The molecule has 0 aromatic heterocycles. The van der Waals surface area contributed by atoms with Crippen LogP contribution in [0.3, 0.4) is 0 Å². The fourth-order valence-corrected chi connectivity index (χ4v) is 4.92. The number of benzene rings is 2. The largest absolute Gasteiger partial charge is 0.375 e. The lowest BCUT2D eigenvalue weighted by Crippen LogP contribution is -2.48. The van der Waals surface area contributed by atoms with Crippen LogP contribution in [0.5, 0.6) is 0 Å². The van der Waals surface area contributed by atoms with Gasteiger partial charge in [0.15, 0.2) is 0 Å². The molecule has 0 radical (unpaired) electrons. The monoisotopic (exact) mass is 493 g/mol. The van der Waals surface area contributed by atoms with Crippen molar-refractivity contribution < 1.29 is 18.1 Å². The number of nitro benzene ring substituents is 1. The average Bonchev–Trinajstić information content (AvgIpc) is 2.78.